The summed E-state index contributed by atoms with van der Waals surface area (Å²) in [7, 11) is 3.49. The van der Waals surface area contributed by atoms with Gasteiger partial charge in [0.15, 0.2) is 0 Å². The van der Waals surface area contributed by atoms with Crippen LogP contribution in [0, 0.1) is 0 Å². The van der Waals surface area contributed by atoms with E-state index in [1.807, 2.05) is 42.3 Å². The molecule has 0 spiro atoms. The van der Waals surface area contributed by atoms with Crippen LogP contribution in [0.4, 0.5) is 17.1 Å². The van der Waals surface area contributed by atoms with Crippen LogP contribution in [0.15, 0.2) is 42.5 Å². The minimum Gasteiger partial charge on any atom is -0.497 e. The van der Waals surface area contributed by atoms with E-state index < -0.39 is 5.91 Å². The number of nitrogen functional groups attached to an aromatic ring is 1. The van der Waals surface area contributed by atoms with E-state index in [2.05, 4.69) is 0 Å². The topological polar surface area (TPSA) is 81.6 Å². The van der Waals surface area contributed by atoms with Crippen LogP contribution in [0.3, 0.4) is 0 Å². The number of rotatable bonds is 4. The van der Waals surface area contributed by atoms with E-state index in [1.54, 1.807) is 19.2 Å². The summed E-state index contributed by atoms with van der Waals surface area (Å²) >= 11 is 0. The molecule has 0 unspecified atom stereocenters. The van der Waals surface area contributed by atoms with E-state index in [0.29, 0.717) is 11.3 Å². The molecule has 0 bridgehead atoms. The molecule has 0 aliphatic carbocycles. The Bertz CT molecular complexity index is 624. The summed E-state index contributed by atoms with van der Waals surface area (Å²) in [5.74, 6) is 0.244. The van der Waals surface area contributed by atoms with Crippen molar-refractivity contribution in [2.45, 2.75) is 0 Å². The number of hydrogen-bond donors (Lipinski definition) is 2. The second kappa shape index (κ2) is 5.52. The molecule has 5 nitrogen and oxygen atoms in total. The molecule has 2 aromatic rings. The first kappa shape index (κ1) is 13.7. The Hall–Kier alpha value is -2.69. The smallest absolute Gasteiger partial charge is 0.250 e. The summed E-state index contributed by atoms with van der Waals surface area (Å²) in [5, 5.41) is 0. The molecule has 1 amide bonds. The number of amides is 1. The number of hydrogen-bond acceptors (Lipinski definition) is 4. The highest BCUT2D eigenvalue weighted by Gasteiger charge is 2.13. The summed E-state index contributed by atoms with van der Waals surface area (Å²) in [4.78, 5) is 13.2. The fraction of sp³-hybridized carbons (Fsp3) is 0.133. The highest BCUT2D eigenvalue weighted by Crippen LogP contribution is 2.31. The fourth-order valence-electron chi connectivity index (χ4n) is 2.01. The van der Waals surface area contributed by atoms with Crippen LogP contribution >= 0.6 is 0 Å². The maximum atomic E-state index is 11.3. The third-order valence-corrected chi connectivity index (χ3v) is 3.17. The third-order valence-electron chi connectivity index (χ3n) is 3.17. The van der Waals surface area contributed by atoms with Crippen molar-refractivity contribution in [2.24, 2.45) is 5.73 Å². The van der Waals surface area contributed by atoms with Crippen LogP contribution in [0.5, 0.6) is 5.75 Å². The van der Waals surface area contributed by atoms with Crippen molar-refractivity contribution in [3.63, 3.8) is 0 Å². The Morgan fingerprint density at radius 2 is 1.80 bits per heavy atom. The van der Waals surface area contributed by atoms with Gasteiger partial charge in [0.2, 0.25) is 0 Å². The summed E-state index contributed by atoms with van der Waals surface area (Å²) in [5.41, 5.74) is 13.7. The van der Waals surface area contributed by atoms with Crippen LogP contribution in [0.25, 0.3) is 0 Å². The fourth-order valence-corrected chi connectivity index (χ4v) is 2.01. The molecular formula is C15H17N3O2. The Labute approximate surface area is 117 Å². The predicted octanol–water partition coefficient (Wildman–Crippen LogP) is 2.14. The van der Waals surface area contributed by atoms with Crippen molar-refractivity contribution >= 4 is 23.0 Å². The summed E-state index contributed by atoms with van der Waals surface area (Å²) < 4.78 is 5.12. The molecule has 2 aromatic carbocycles. The molecule has 0 radical (unpaired) electrons. The molecule has 104 valence electrons. The van der Waals surface area contributed by atoms with Gasteiger partial charge in [-0.05, 0) is 36.4 Å². The lowest BCUT2D eigenvalue weighted by Gasteiger charge is -2.22. The molecule has 0 saturated heterocycles. The van der Waals surface area contributed by atoms with Gasteiger partial charge in [-0.1, -0.05) is 6.07 Å². The van der Waals surface area contributed by atoms with E-state index in [-0.39, 0.29) is 0 Å². The van der Waals surface area contributed by atoms with Crippen LogP contribution in [-0.2, 0) is 0 Å². The number of anilines is 3. The Balaban J connectivity index is 2.39. The standard InChI is InChI=1S/C15H17N3O2/c1-18(10-6-8-11(20-2)9-7-10)13-5-3-4-12(14(13)16)15(17)19/h3-9H,16H2,1-2H3,(H2,17,19). The van der Waals surface area contributed by atoms with E-state index in [4.69, 9.17) is 16.2 Å². The summed E-state index contributed by atoms with van der Waals surface area (Å²) in [6.07, 6.45) is 0. The zero-order valence-corrected chi connectivity index (χ0v) is 11.5. The highest BCUT2D eigenvalue weighted by molar-refractivity contribution is 6.01. The molecule has 0 aliphatic rings. The van der Waals surface area contributed by atoms with Gasteiger partial charge in [0.05, 0.1) is 24.0 Å². The normalized spacial score (nSPS) is 10.1. The number of primary amides is 1. The van der Waals surface area contributed by atoms with E-state index in [9.17, 15) is 4.79 Å². The first-order valence-electron chi connectivity index (χ1n) is 6.10. The first-order chi connectivity index (χ1) is 9.54. The number of nitrogens with two attached hydrogens (primary N) is 2. The third kappa shape index (κ3) is 2.51. The number of ether oxygens (including phenoxy) is 1. The second-order valence-electron chi connectivity index (χ2n) is 4.36. The van der Waals surface area contributed by atoms with Crippen molar-refractivity contribution in [2.75, 3.05) is 24.8 Å². The van der Waals surface area contributed by atoms with Gasteiger partial charge in [-0.25, -0.2) is 0 Å². The van der Waals surface area contributed by atoms with Gasteiger partial charge < -0.3 is 21.1 Å². The summed E-state index contributed by atoms with van der Waals surface area (Å²) in [6, 6.07) is 12.8. The molecule has 0 aliphatic heterocycles. The number of para-hydroxylation sites is 1. The monoisotopic (exact) mass is 271 g/mol. The molecule has 0 atom stereocenters. The van der Waals surface area contributed by atoms with Gasteiger partial charge in [-0.15, -0.1) is 0 Å². The molecule has 4 N–H and O–H groups in total. The van der Waals surface area contributed by atoms with Gasteiger partial charge in [0.25, 0.3) is 5.91 Å². The molecule has 0 fully saturated rings. The number of carbonyl (C=O) groups is 1. The SMILES string of the molecule is COc1ccc(N(C)c2cccc(C(N)=O)c2N)cc1. The zero-order valence-electron chi connectivity index (χ0n) is 11.5. The van der Waals surface area contributed by atoms with Crippen LogP contribution in [-0.4, -0.2) is 20.1 Å². The molecule has 0 aromatic heterocycles. The van der Waals surface area contributed by atoms with Gasteiger partial charge in [-0.3, -0.25) is 4.79 Å². The minimum atomic E-state index is -0.535. The Kier molecular flexibility index (Phi) is 3.79. The number of nitrogens with zero attached hydrogens (tertiary/aromatic N) is 1. The van der Waals surface area contributed by atoms with Crippen LogP contribution in [0.1, 0.15) is 10.4 Å². The van der Waals surface area contributed by atoms with E-state index in [1.165, 1.54) is 0 Å². The second-order valence-corrected chi connectivity index (χ2v) is 4.36. The van der Waals surface area contributed by atoms with Gasteiger partial charge in [-0.2, -0.15) is 0 Å². The lowest BCUT2D eigenvalue weighted by Crippen LogP contribution is -2.17. The number of carbonyl (C=O) groups excluding carboxylic acids is 1. The maximum Gasteiger partial charge on any atom is 0.250 e. The van der Waals surface area contributed by atoms with Gasteiger partial charge in [0, 0.05) is 12.7 Å². The lowest BCUT2D eigenvalue weighted by atomic mass is 10.1. The lowest BCUT2D eigenvalue weighted by molar-refractivity contribution is 0.100. The average molecular weight is 271 g/mol. The minimum absolute atomic E-state index is 0.322. The van der Waals surface area contributed by atoms with Crippen molar-refractivity contribution in [1.29, 1.82) is 0 Å². The van der Waals surface area contributed by atoms with E-state index in [0.717, 1.165) is 17.1 Å². The van der Waals surface area contributed by atoms with Gasteiger partial charge >= 0.3 is 0 Å². The highest BCUT2D eigenvalue weighted by atomic mass is 16.5. The van der Waals surface area contributed by atoms with Gasteiger partial charge in [0.1, 0.15) is 5.75 Å². The predicted molar refractivity (Wildman–Crippen MR) is 80.4 cm³/mol. The molecular weight excluding hydrogens is 254 g/mol. The summed E-state index contributed by atoms with van der Waals surface area (Å²) in [6.45, 7) is 0. The zero-order chi connectivity index (χ0) is 14.7. The molecule has 0 heterocycles. The van der Waals surface area contributed by atoms with Crippen molar-refractivity contribution in [1.82, 2.24) is 0 Å². The Morgan fingerprint density at radius 3 is 2.35 bits per heavy atom. The maximum absolute atomic E-state index is 11.3. The molecule has 20 heavy (non-hydrogen) atoms. The number of benzene rings is 2. The largest absolute Gasteiger partial charge is 0.497 e. The molecule has 5 heteroatoms. The Morgan fingerprint density at radius 1 is 1.15 bits per heavy atom. The van der Waals surface area contributed by atoms with Crippen molar-refractivity contribution in [3.05, 3.63) is 48.0 Å². The van der Waals surface area contributed by atoms with Crippen LogP contribution < -0.4 is 21.1 Å². The first-order valence-corrected chi connectivity index (χ1v) is 6.10. The van der Waals surface area contributed by atoms with Crippen LogP contribution in [0.2, 0.25) is 0 Å². The average Bonchev–Trinajstić information content (AvgIpc) is 2.46. The quantitative estimate of drug-likeness (QED) is 0.835. The van der Waals surface area contributed by atoms with Crippen molar-refractivity contribution < 1.29 is 9.53 Å². The molecule has 0 saturated carbocycles. The molecule has 2 rings (SSSR count). The number of methoxy groups -OCH3 is 1. The van der Waals surface area contributed by atoms with E-state index >= 15 is 0 Å². The van der Waals surface area contributed by atoms with Crippen molar-refractivity contribution in [3.8, 4) is 5.75 Å².